The van der Waals surface area contributed by atoms with Crippen LogP contribution in [0, 0.1) is 0 Å². The van der Waals surface area contributed by atoms with Gasteiger partial charge in [0.05, 0.1) is 15.7 Å². The van der Waals surface area contributed by atoms with E-state index in [1.54, 1.807) is 0 Å². The Balaban J connectivity index is 1.29. The van der Waals surface area contributed by atoms with Crippen LogP contribution in [-0.4, -0.2) is 4.57 Å². The molecule has 0 N–H and O–H groups in total. The van der Waals surface area contributed by atoms with Gasteiger partial charge in [0, 0.05) is 41.3 Å². The summed E-state index contributed by atoms with van der Waals surface area (Å²) in [5, 5.41) is 5.28. The lowest BCUT2D eigenvalue weighted by Gasteiger charge is -2.09. The van der Waals surface area contributed by atoms with Crippen LogP contribution in [0.2, 0.25) is 0 Å². The van der Waals surface area contributed by atoms with Crippen LogP contribution < -0.4 is 0 Å². The van der Waals surface area contributed by atoms with Crippen LogP contribution in [0.4, 0.5) is 0 Å². The van der Waals surface area contributed by atoms with Crippen LogP contribution >= 0.6 is 22.7 Å². The molecule has 0 saturated heterocycles. The van der Waals surface area contributed by atoms with Crippen LogP contribution in [0.25, 0.3) is 79.3 Å². The smallest absolute Gasteiger partial charge is 0.0727 e. The molecule has 0 aliphatic rings. The summed E-state index contributed by atoms with van der Waals surface area (Å²) in [6, 6.07) is 50.9. The lowest BCUT2D eigenvalue weighted by molar-refractivity contribution is 1.19. The van der Waals surface area contributed by atoms with Crippen molar-refractivity contribution in [2.24, 2.45) is 0 Å². The highest BCUT2D eigenvalue weighted by Gasteiger charge is 2.19. The summed E-state index contributed by atoms with van der Waals surface area (Å²) in [6.07, 6.45) is 0. The standard InChI is InChI=1S/C38H23NS2/c1-3-10-24(11-4-1)25-18-20-34-31(22-25)29-16-9-15-28(37(29)40-34)26-19-21-35-32(23-26)36-38(41-35)30-14-7-8-17-33(30)39(36)27-12-5-2-6-13-27/h1-23H. The number of thiophene rings is 2. The lowest BCUT2D eigenvalue weighted by atomic mass is 9.99. The summed E-state index contributed by atoms with van der Waals surface area (Å²) >= 11 is 3.80. The van der Waals surface area contributed by atoms with Gasteiger partial charge >= 0.3 is 0 Å². The second kappa shape index (κ2) is 8.90. The predicted octanol–water partition coefficient (Wildman–Crippen LogP) is 11.7. The molecule has 0 amide bonds. The minimum absolute atomic E-state index is 1.20. The van der Waals surface area contributed by atoms with Crippen molar-refractivity contribution in [2.45, 2.75) is 0 Å². The molecule has 9 rings (SSSR count). The molecule has 3 aromatic heterocycles. The first-order chi connectivity index (χ1) is 20.3. The van der Waals surface area contributed by atoms with Crippen molar-refractivity contribution in [2.75, 3.05) is 0 Å². The van der Waals surface area contributed by atoms with Crippen molar-refractivity contribution in [3.05, 3.63) is 140 Å². The van der Waals surface area contributed by atoms with E-state index in [9.17, 15) is 0 Å². The van der Waals surface area contributed by atoms with Crippen LogP contribution in [0.1, 0.15) is 0 Å². The molecule has 41 heavy (non-hydrogen) atoms. The highest BCUT2D eigenvalue weighted by atomic mass is 32.1. The maximum atomic E-state index is 2.44. The largest absolute Gasteiger partial charge is 0.308 e. The van der Waals surface area contributed by atoms with Gasteiger partial charge in [-0.05, 0) is 64.7 Å². The molecule has 9 aromatic rings. The van der Waals surface area contributed by atoms with Gasteiger partial charge in [0.15, 0.2) is 0 Å². The first kappa shape index (κ1) is 23.0. The molecule has 0 aliphatic carbocycles. The zero-order valence-electron chi connectivity index (χ0n) is 22.0. The van der Waals surface area contributed by atoms with Gasteiger partial charge in [-0.25, -0.2) is 0 Å². The molecule has 0 bridgehead atoms. The predicted molar refractivity (Wildman–Crippen MR) is 180 cm³/mol. The number of nitrogens with zero attached hydrogens (tertiary/aromatic N) is 1. The minimum Gasteiger partial charge on any atom is -0.308 e. The van der Waals surface area contributed by atoms with E-state index in [2.05, 4.69) is 144 Å². The van der Waals surface area contributed by atoms with Gasteiger partial charge in [0.25, 0.3) is 0 Å². The Hall–Kier alpha value is -4.70. The van der Waals surface area contributed by atoms with E-state index in [1.807, 2.05) is 22.7 Å². The summed E-state index contributed by atoms with van der Waals surface area (Å²) < 4.78 is 7.80. The topological polar surface area (TPSA) is 4.93 Å². The highest BCUT2D eigenvalue weighted by Crippen LogP contribution is 2.45. The monoisotopic (exact) mass is 557 g/mol. The summed E-state index contributed by atoms with van der Waals surface area (Å²) in [4.78, 5) is 0. The van der Waals surface area contributed by atoms with Gasteiger partial charge in [-0.2, -0.15) is 0 Å². The van der Waals surface area contributed by atoms with Crippen molar-refractivity contribution < 1.29 is 0 Å². The molecular formula is C38H23NS2. The summed E-state index contributed by atoms with van der Waals surface area (Å²) in [7, 11) is 0. The molecular weight excluding hydrogens is 535 g/mol. The van der Waals surface area contributed by atoms with Crippen LogP contribution in [0.15, 0.2) is 140 Å². The molecule has 0 unspecified atom stereocenters. The van der Waals surface area contributed by atoms with Gasteiger partial charge in [0.1, 0.15) is 0 Å². The summed E-state index contributed by atoms with van der Waals surface area (Å²) in [5.74, 6) is 0. The van der Waals surface area contributed by atoms with Gasteiger partial charge in [0.2, 0.25) is 0 Å². The van der Waals surface area contributed by atoms with Gasteiger partial charge in [-0.15, -0.1) is 22.7 Å². The zero-order valence-corrected chi connectivity index (χ0v) is 23.7. The Bertz CT molecular complexity index is 2410. The van der Waals surface area contributed by atoms with Crippen LogP contribution in [0.3, 0.4) is 0 Å². The molecule has 0 aliphatic heterocycles. The first-order valence-electron chi connectivity index (χ1n) is 13.9. The van der Waals surface area contributed by atoms with Crippen molar-refractivity contribution in [1.82, 2.24) is 4.57 Å². The Kier molecular flexibility index (Phi) is 5.00. The molecule has 3 heteroatoms. The average molecular weight is 558 g/mol. The number of para-hydroxylation sites is 2. The zero-order chi connectivity index (χ0) is 26.9. The minimum atomic E-state index is 1.20. The molecule has 1 nitrogen and oxygen atoms in total. The molecule has 0 atom stereocenters. The molecule has 0 radical (unpaired) electrons. The van der Waals surface area contributed by atoms with Crippen molar-refractivity contribution >= 4 is 74.1 Å². The van der Waals surface area contributed by atoms with E-state index >= 15 is 0 Å². The molecule has 0 saturated carbocycles. The number of hydrogen-bond acceptors (Lipinski definition) is 2. The van der Waals surface area contributed by atoms with Crippen molar-refractivity contribution in [3.63, 3.8) is 0 Å². The highest BCUT2D eigenvalue weighted by molar-refractivity contribution is 7.27. The number of fused-ring (bicyclic) bond motifs is 8. The molecule has 6 aromatic carbocycles. The maximum absolute atomic E-state index is 2.44. The van der Waals surface area contributed by atoms with Gasteiger partial charge in [-0.1, -0.05) is 97.1 Å². The van der Waals surface area contributed by atoms with E-state index < -0.39 is 0 Å². The van der Waals surface area contributed by atoms with E-state index in [1.165, 1.54) is 79.3 Å². The molecule has 192 valence electrons. The Morgan fingerprint density at radius 1 is 0.415 bits per heavy atom. The summed E-state index contributed by atoms with van der Waals surface area (Å²) in [5.41, 5.74) is 8.84. The van der Waals surface area contributed by atoms with E-state index in [-0.39, 0.29) is 0 Å². The fourth-order valence-electron chi connectivity index (χ4n) is 6.32. The van der Waals surface area contributed by atoms with E-state index in [0.29, 0.717) is 0 Å². The third-order valence-corrected chi connectivity index (χ3v) is 10.6. The fraction of sp³-hybridized carbons (Fsp3) is 0. The lowest BCUT2D eigenvalue weighted by Crippen LogP contribution is -1.92. The van der Waals surface area contributed by atoms with Gasteiger partial charge in [-0.3, -0.25) is 0 Å². The third-order valence-electron chi connectivity index (χ3n) is 8.20. The molecule has 3 heterocycles. The second-order valence-corrected chi connectivity index (χ2v) is 12.6. The SMILES string of the molecule is c1ccc(-c2ccc3sc4c(-c5ccc6sc7c8ccccc8n(-c8ccccc8)c7c6c5)cccc4c3c2)cc1. The molecule has 0 fully saturated rings. The first-order valence-corrected chi connectivity index (χ1v) is 15.5. The number of benzene rings is 6. The van der Waals surface area contributed by atoms with Crippen LogP contribution in [-0.2, 0) is 0 Å². The second-order valence-electron chi connectivity index (χ2n) is 10.5. The maximum Gasteiger partial charge on any atom is 0.0727 e. The average Bonchev–Trinajstić information content (AvgIpc) is 3.70. The quantitative estimate of drug-likeness (QED) is 0.204. The Labute approximate surface area is 245 Å². The fourth-order valence-corrected chi connectivity index (χ4v) is 8.74. The van der Waals surface area contributed by atoms with Crippen molar-refractivity contribution in [3.8, 4) is 27.9 Å². The summed E-state index contributed by atoms with van der Waals surface area (Å²) in [6.45, 7) is 0. The number of aromatic nitrogens is 1. The molecule has 0 spiro atoms. The Morgan fingerprint density at radius 2 is 1.07 bits per heavy atom. The Morgan fingerprint density at radius 3 is 1.93 bits per heavy atom. The third kappa shape index (κ3) is 3.46. The van der Waals surface area contributed by atoms with Crippen molar-refractivity contribution in [1.29, 1.82) is 0 Å². The van der Waals surface area contributed by atoms with E-state index in [0.717, 1.165) is 0 Å². The normalized spacial score (nSPS) is 11.9. The van der Waals surface area contributed by atoms with Crippen LogP contribution in [0.5, 0.6) is 0 Å². The van der Waals surface area contributed by atoms with E-state index in [4.69, 9.17) is 0 Å². The number of rotatable bonds is 3. The number of hydrogen-bond donors (Lipinski definition) is 0. The van der Waals surface area contributed by atoms with Gasteiger partial charge < -0.3 is 4.57 Å².